The first-order valence-electron chi connectivity index (χ1n) is 6.64. The quantitative estimate of drug-likeness (QED) is 0.759. The van der Waals surface area contributed by atoms with Crippen LogP contribution in [-0.4, -0.2) is 24.9 Å². The minimum absolute atomic E-state index is 0.0810. The van der Waals surface area contributed by atoms with Crippen LogP contribution in [0, 0.1) is 0 Å². The van der Waals surface area contributed by atoms with E-state index in [4.69, 9.17) is 4.42 Å². The molecule has 0 spiro atoms. The molecule has 21 heavy (non-hydrogen) atoms. The number of rotatable bonds is 6. The molecule has 1 aromatic carbocycles. The smallest absolute Gasteiger partial charge is 0.291 e. The number of likely N-dealkylation sites (N-methyl/N-ethyl adjacent to an activating group) is 1. The fourth-order valence-corrected chi connectivity index (χ4v) is 1.75. The monoisotopic (exact) mass is 287 g/mol. The van der Waals surface area contributed by atoms with E-state index in [2.05, 4.69) is 16.0 Å². The van der Waals surface area contributed by atoms with Crippen molar-refractivity contribution in [1.29, 1.82) is 0 Å². The third-order valence-electron chi connectivity index (χ3n) is 2.69. The molecule has 6 heteroatoms. The lowest BCUT2D eigenvalue weighted by Crippen LogP contribution is -2.29. The van der Waals surface area contributed by atoms with Gasteiger partial charge in [-0.3, -0.25) is 9.59 Å². The maximum atomic E-state index is 11.8. The fraction of sp³-hybridized carbons (Fsp3) is 0.200. The number of hydrogen-bond acceptors (Lipinski definition) is 4. The molecule has 0 saturated carbocycles. The SMILES string of the molecule is CCNC(=O)CNc1cccc(NC(=O)c2ccco2)c1. The summed E-state index contributed by atoms with van der Waals surface area (Å²) in [5.74, 6) is -0.154. The zero-order valence-electron chi connectivity index (χ0n) is 11.7. The number of amides is 2. The van der Waals surface area contributed by atoms with Crippen LogP contribution in [0.5, 0.6) is 0 Å². The molecule has 2 rings (SSSR count). The lowest BCUT2D eigenvalue weighted by Gasteiger charge is -2.09. The van der Waals surface area contributed by atoms with Gasteiger partial charge < -0.3 is 20.4 Å². The number of hydrogen-bond donors (Lipinski definition) is 3. The second-order valence-corrected chi connectivity index (χ2v) is 4.32. The molecule has 0 aliphatic carbocycles. The minimum Gasteiger partial charge on any atom is -0.459 e. The lowest BCUT2D eigenvalue weighted by molar-refractivity contribution is -0.119. The van der Waals surface area contributed by atoms with Crippen molar-refractivity contribution >= 4 is 23.2 Å². The van der Waals surface area contributed by atoms with Gasteiger partial charge in [0.25, 0.3) is 5.91 Å². The van der Waals surface area contributed by atoms with Crippen LogP contribution in [0.4, 0.5) is 11.4 Å². The number of benzene rings is 1. The summed E-state index contributed by atoms with van der Waals surface area (Å²) < 4.78 is 5.02. The number of nitrogens with one attached hydrogen (secondary N) is 3. The van der Waals surface area contributed by atoms with E-state index in [9.17, 15) is 9.59 Å². The third-order valence-corrected chi connectivity index (χ3v) is 2.69. The highest BCUT2D eigenvalue weighted by molar-refractivity contribution is 6.02. The van der Waals surface area contributed by atoms with Gasteiger partial charge in [-0.25, -0.2) is 0 Å². The van der Waals surface area contributed by atoms with Gasteiger partial charge in [-0.05, 0) is 37.3 Å². The molecule has 2 aromatic rings. The van der Waals surface area contributed by atoms with Crippen molar-refractivity contribution in [1.82, 2.24) is 5.32 Å². The number of carbonyl (C=O) groups excluding carboxylic acids is 2. The summed E-state index contributed by atoms with van der Waals surface area (Å²) in [5, 5.41) is 8.41. The predicted octanol–water partition coefficient (Wildman–Crippen LogP) is 2.08. The maximum Gasteiger partial charge on any atom is 0.291 e. The topological polar surface area (TPSA) is 83.4 Å². The van der Waals surface area contributed by atoms with Crippen molar-refractivity contribution in [3.8, 4) is 0 Å². The van der Waals surface area contributed by atoms with E-state index in [1.807, 2.05) is 13.0 Å². The minimum atomic E-state index is -0.319. The Morgan fingerprint density at radius 2 is 1.95 bits per heavy atom. The summed E-state index contributed by atoms with van der Waals surface area (Å²) in [6.07, 6.45) is 1.44. The fourth-order valence-electron chi connectivity index (χ4n) is 1.75. The van der Waals surface area contributed by atoms with E-state index in [0.29, 0.717) is 12.2 Å². The van der Waals surface area contributed by atoms with Gasteiger partial charge >= 0.3 is 0 Å². The average Bonchev–Trinajstić information content (AvgIpc) is 3.00. The molecule has 0 radical (unpaired) electrons. The highest BCUT2D eigenvalue weighted by Gasteiger charge is 2.08. The third kappa shape index (κ3) is 4.38. The zero-order valence-corrected chi connectivity index (χ0v) is 11.7. The van der Waals surface area contributed by atoms with E-state index in [1.165, 1.54) is 6.26 Å². The first kappa shape index (κ1) is 14.6. The van der Waals surface area contributed by atoms with Crippen LogP contribution in [0.1, 0.15) is 17.5 Å². The van der Waals surface area contributed by atoms with E-state index in [-0.39, 0.29) is 24.1 Å². The Labute approximate surface area is 122 Å². The van der Waals surface area contributed by atoms with Crippen LogP contribution in [0.15, 0.2) is 47.1 Å². The molecule has 110 valence electrons. The second kappa shape index (κ2) is 7.14. The Kier molecular flexibility index (Phi) is 4.98. The Hall–Kier alpha value is -2.76. The van der Waals surface area contributed by atoms with Crippen LogP contribution in [0.3, 0.4) is 0 Å². The molecule has 0 saturated heterocycles. The summed E-state index contributed by atoms with van der Waals surface area (Å²) in [5.41, 5.74) is 1.37. The van der Waals surface area contributed by atoms with Crippen LogP contribution < -0.4 is 16.0 Å². The van der Waals surface area contributed by atoms with Gasteiger partial charge in [0.1, 0.15) is 0 Å². The molecule has 0 fully saturated rings. The molecule has 1 aromatic heterocycles. The normalized spacial score (nSPS) is 9.95. The molecule has 6 nitrogen and oxygen atoms in total. The highest BCUT2D eigenvalue weighted by Crippen LogP contribution is 2.16. The molecular weight excluding hydrogens is 270 g/mol. The second-order valence-electron chi connectivity index (χ2n) is 4.32. The van der Waals surface area contributed by atoms with Crippen molar-refractivity contribution in [3.63, 3.8) is 0 Å². The summed E-state index contributed by atoms with van der Waals surface area (Å²) in [6, 6.07) is 10.4. The first-order chi connectivity index (χ1) is 10.2. The van der Waals surface area contributed by atoms with Crippen molar-refractivity contribution in [3.05, 3.63) is 48.4 Å². The average molecular weight is 287 g/mol. The van der Waals surface area contributed by atoms with E-state index < -0.39 is 0 Å². The number of anilines is 2. The van der Waals surface area contributed by atoms with Crippen LogP contribution in [-0.2, 0) is 4.79 Å². The van der Waals surface area contributed by atoms with Crippen molar-refractivity contribution in [2.24, 2.45) is 0 Å². The molecule has 0 unspecified atom stereocenters. The van der Waals surface area contributed by atoms with Crippen molar-refractivity contribution in [2.75, 3.05) is 23.7 Å². The number of carbonyl (C=O) groups is 2. The lowest BCUT2D eigenvalue weighted by atomic mass is 10.2. The van der Waals surface area contributed by atoms with Gasteiger partial charge in [0.05, 0.1) is 12.8 Å². The molecule has 0 atom stereocenters. The van der Waals surface area contributed by atoms with E-state index in [0.717, 1.165) is 5.69 Å². The number of furan rings is 1. The van der Waals surface area contributed by atoms with Crippen LogP contribution >= 0.6 is 0 Å². The van der Waals surface area contributed by atoms with E-state index >= 15 is 0 Å². The molecular formula is C15H17N3O3. The zero-order chi connectivity index (χ0) is 15.1. The summed E-state index contributed by atoms with van der Waals surface area (Å²) in [4.78, 5) is 23.2. The molecule has 0 bridgehead atoms. The maximum absolute atomic E-state index is 11.8. The predicted molar refractivity (Wildman–Crippen MR) is 80.3 cm³/mol. The molecule has 3 N–H and O–H groups in total. The Balaban J connectivity index is 1.94. The molecule has 0 aliphatic rings. The standard InChI is InChI=1S/C15H17N3O3/c1-2-16-14(19)10-17-11-5-3-6-12(9-11)18-15(20)13-7-4-8-21-13/h3-9,17H,2,10H2,1H3,(H,16,19)(H,18,20). The Morgan fingerprint density at radius 3 is 2.67 bits per heavy atom. The Bertz CT molecular complexity index is 608. The van der Waals surface area contributed by atoms with Crippen LogP contribution in [0.2, 0.25) is 0 Å². The molecule has 2 amide bonds. The van der Waals surface area contributed by atoms with Gasteiger partial charge in [0.15, 0.2) is 5.76 Å². The summed E-state index contributed by atoms with van der Waals surface area (Å²) in [7, 11) is 0. The summed E-state index contributed by atoms with van der Waals surface area (Å²) in [6.45, 7) is 2.64. The summed E-state index contributed by atoms with van der Waals surface area (Å²) >= 11 is 0. The van der Waals surface area contributed by atoms with Gasteiger partial charge in [-0.1, -0.05) is 6.07 Å². The van der Waals surface area contributed by atoms with Gasteiger partial charge in [0.2, 0.25) is 5.91 Å². The first-order valence-corrected chi connectivity index (χ1v) is 6.64. The van der Waals surface area contributed by atoms with Crippen molar-refractivity contribution in [2.45, 2.75) is 6.92 Å². The van der Waals surface area contributed by atoms with Crippen molar-refractivity contribution < 1.29 is 14.0 Å². The molecule has 0 aliphatic heterocycles. The van der Waals surface area contributed by atoms with Gasteiger partial charge in [0, 0.05) is 17.9 Å². The largest absolute Gasteiger partial charge is 0.459 e. The van der Waals surface area contributed by atoms with Crippen LogP contribution in [0.25, 0.3) is 0 Å². The van der Waals surface area contributed by atoms with E-state index in [1.54, 1.807) is 30.3 Å². The van der Waals surface area contributed by atoms with Gasteiger partial charge in [-0.15, -0.1) is 0 Å². The highest BCUT2D eigenvalue weighted by atomic mass is 16.3. The molecule has 1 heterocycles. The van der Waals surface area contributed by atoms with Gasteiger partial charge in [-0.2, -0.15) is 0 Å². The Morgan fingerprint density at radius 1 is 1.14 bits per heavy atom.